The SMILES string of the molecule is CCCNC(CN)c1ccc(OC)nc1. The van der Waals surface area contributed by atoms with Gasteiger partial charge in [0.2, 0.25) is 5.88 Å². The van der Waals surface area contributed by atoms with E-state index in [0.29, 0.717) is 12.4 Å². The molecule has 0 spiro atoms. The maximum atomic E-state index is 5.69. The molecule has 0 aromatic carbocycles. The minimum atomic E-state index is 0.184. The number of pyridine rings is 1. The van der Waals surface area contributed by atoms with Gasteiger partial charge in [0.05, 0.1) is 7.11 Å². The largest absolute Gasteiger partial charge is 0.481 e. The lowest BCUT2D eigenvalue weighted by Gasteiger charge is -2.16. The highest BCUT2D eigenvalue weighted by Crippen LogP contribution is 2.13. The van der Waals surface area contributed by atoms with Crippen molar-refractivity contribution in [2.24, 2.45) is 5.73 Å². The molecule has 0 radical (unpaired) electrons. The molecule has 0 aliphatic rings. The first-order chi connectivity index (χ1) is 7.31. The maximum Gasteiger partial charge on any atom is 0.212 e. The summed E-state index contributed by atoms with van der Waals surface area (Å²) in [6.45, 7) is 3.68. The maximum absolute atomic E-state index is 5.69. The molecule has 84 valence electrons. The van der Waals surface area contributed by atoms with Crippen LogP contribution < -0.4 is 15.8 Å². The second kappa shape index (κ2) is 6.37. The van der Waals surface area contributed by atoms with Crippen molar-refractivity contribution in [2.75, 3.05) is 20.2 Å². The summed E-state index contributed by atoms with van der Waals surface area (Å²) in [5.74, 6) is 0.630. The van der Waals surface area contributed by atoms with Gasteiger partial charge in [0.1, 0.15) is 0 Å². The van der Waals surface area contributed by atoms with Crippen LogP contribution in [0.25, 0.3) is 0 Å². The van der Waals surface area contributed by atoms with E-state index in [1.807, 2.05) is 12.1 Å². The second-order valence-corrected chi connectivity index (χ2v) is 3.38. The zero-order chi connectivity index (χ0) is 11.1. The third-order valence-corrected chi connectivity index (χ3v) is 2.25. The average Bonchev–Trinajstić information content (AvgIpc) is 2.31. The van der Waals surface area contributed by atoms with Crippen LogP contribution in [0.15, 0.2) is 18.3 Å². The monoisotopic (exact) mass is 209 g/mol. The van der Waals surface area contributed by atoms with Gasteiger partial charge in [-0.05, 0) is 18.5 Å². The molecule has 1 heterocycles. The average molecular weight is 209 g/mol. The highest BCUT2D eigenvalue weighted by molar-refractivity contribution is 5.21. The number of rotatable bonds is 6. The van der Waals surface area contributed by atoms with Crippen LogP contribution in [0, 0.1) is 0 Å². The fourth-order valence-electron chi connectivity index (χ4n) is 1.37. The van der Waals surface area contributed by atoms with Gasteiger partial charge in [0.25, 0.3) is 0 Å². The lowest BCUT2D eigenvalue weighted by Crippen LogP contribution is -2.28. The van der Waals surface area contributed by atoms with Gasteiger partial charge in [-0.3, -0.25) is 0 Å². The fraction of sp³-hybridized carbons (Fsp3) is 0.545. The quantitative estimate of drug-likeness (QED) is 0.736. The van der Waals surface area contributed by atoms with Crippen LogP contribution in [0.5, 0.6) is 5.88 Å². The summed E-state index contributed by atoms with van der Waals surface area (Å²) in [5, 5.41) is 3.37. The van der Waals surface area contributed by atoms with Gasteiger partial charge in [0.15, 0.2) is 0 Å². The highest BCUT2D eigenvalue weighted by Gasteiger charge is 2.08. The van der Waals surface area contributed by atoms with Crippen molar-refractivity contribution >= 4 is 0 Å². The van der Waals surface area contributed by atoms with E-state index >= 15 is 0 Å². The van der Waals surface area contributed by atoms with Crippen molar-refractivity contribution in [1.82, 2.24) is 10.3 Å². The van der Waals surface area contributed by atoms with Crippen LogP contribution in [0.3, 0.4) is 0 Å². The topological polar surface area (TPSA) is 60.2 Å². The minimum absolute atomic E-state index is 0.184. The molecule has 1 atom stereocenters. The summed E-state index contributed by atoms with van der Waals surface area (Å²) < 4.78 is 5.00. The zero-order valence-electron chi connectivity index (χ0n) is 9.36. The van der Waals surface area contributed by atoms with E-state index < -0.39 is 0 Å². The number of nitrogens with zero attached hydrogens (tertiary/aromatic N) is 1. The Hall–Kier alpha value is -1.13. The van der Waals surface area contributed by atoms with E-state index in [1.165, 1.54) is 0 Å². The third-order valence-electron chi connectivity index (χ3n) is 2.25. The first-order valence-electron chi connectivity index (χ1n) is 5.25. The summed E-state index contributed by atoms with van der Waals surface area (Å²) >= 11 is 0. The Labute approximate surface area is 90.8 Å². The normalized spacial score (nSPS) is 12.5. The Morgan fingerprint density at radius 2 is 2.33 bits per heavy atom. The number of hydrogen-bond donors (Lipinski definition) is 2. The first kappa shape index (κ1) is 11.9. The van der Waals surface area contributed by atoms with Crippen molar-refractivity contribution < 1.29 is 4.74 Å². The molecule has 1 unspecified atom stereocenters. The molecule has 15 heavy (non-hydrogen) atoms. The summed E-state index contributed by atoms with van der Waals surface area (Å²) in [6, 6.07) is 4.03. The summed E-state index contributed by atoms with van der Waals surface area (Å²) in [4.78, 5) is 4.16. The van der Waals surface area contributed by atoms with E-state index in [2.05, 4.69) is 17.2 Å². The van der Waals surface area contributed by atoms with E-state index in [-0.39, 0.29) is 6.04 Å². The Kier molecular flexibility index (Phi) is 5.07. The van der Waals surface area contributed by atoms with Crippen molar-refractivity contribution in [3.8, 4) is 5.88 Å². The Balaban J connectivity index is 2.65. The lowest BCUT2D eigenvalue weighted by molar-refractivity contribution is 0.397. The zero-order valence-corrected chi connectivity index (χ0v) is 9.36. The number of methoxy groups -OCH3 is 1. The Bertz CT molecular complexity index is 274. The summed E-state index contributed by atoms with van der Waals surface area (Å²) in [6.07, 6.45) is 2.90. The van der Waals surface area contributed by atoms with Crippen LogP contribution >= 0.6 is 0 Å². The van der Waals surface area contributed by atoms with Crippen molar-refractivity contribution in [3.05, 3.63) is 23.9 Å². The van der Waals surface area contributed by atoms with Gasteiger partial charge in [-0.1, -0.05) is 13.0 Å². The number of nitrogens with two attached hydrogens (primary N) is 1. The molecular formula is C11H19N3O. The molecule has 0 fully saturated rings. The number of nitrogens with one attached hydrogen (secondary N) is 1. The van der Waals surface area contributed by atoms with Gasteiger partial charge < -0.3 is 15.8 Å². The molecule has 0 bridgehead atoms. The van der Waals surface area contributed by atoms with Crippen LogP contribution in [-0.2, 0) is 0 Å². The number of aromatic nitrogens is 1. The first-order valence-corrected chi connectivity index (χ1v) is 5.25. The van der Waals surface area contributed by atoms with E-state index in [0.717, 1.165) is 18.5 Å². The standard InChI is InChI=1S/C11H19N3O/c1-3-6-13-10(7-12)9-4-5-11(15-2)14-8-9/h4-5,8,10,13H,3,6-7,12H2,1-2H3. The molecule has 1 rings (SSSR count). The third kappa shape index (κ3) is 3.49. The molecule has 0 saturated heterocycles. The van der Waals surface area contributed by atoms with Crippen LogP contribution in [0.2, 0.25) is 0 Å². The van der Waals surface area contributed by atoms with Gasteiger partial charge in [-0.25, -0.2) is 4.98 Å². The molecule has 0 aliphatic carbocycles. The lowest BCUT2D eigenvalue weighted by atomic mass is 10.1. The van der Waals surface area contributed by atoms with Crippen molar-refractivity contribution in [2.45, 2.75) is 19.4 Å². The van der Waals surface area contributed by atoms with E-state index in [4.69, 9.17) is 10.5 Å². The Morgan fingerprint density at radius 3 is 2.80 bits per heavy atom. The van der Waals surface area contributed by atoms with Crippen LogP contribution in [0.1, 0.15) is 24.9 Å². The molecule has 1 aromatic heterocycles. The van der Waals surface area contributed by atoms with Gasteiger partial charge in [-0.15, -0.1) is 0 Å². The Morgan fingerprint density at radius 1 is 1.53 bits per heavy atom. The van der Waals surface area contributed by atoms with Gasteiger partial charge >= 0.3 is 0 Å². The van der Waals surface area contributed by atoms with Gasteiger partial charge in [-0.2, -0.15) is 0 Å². The number of hydrogen-bond acceptors (Lipinski definition) is 4. The molecule has 0 aliphatic heterocycles. The molecule has 3 N–H and O–H groups in total. The molecule has 1 aromatic rings. The second-order valence-electron chi connectivity index (χ2n) is 3.38. The molecule has 0 saturated carbocycles. The van der Waals surface area contributed by atoms with E-state index in [1.54, 1.807) is 13.3 Å². The summed E-state index contributed by atoms with van der Waals surface area (Å²) in [7, 11) is 1.61. The predicted octanol–water partition coefficient (Wildman–Crippen LogP) is 1.09. The fourth-order valence-corrected chi connectivity index (χ4v) is 1.37. The minimum Gasteiger partial charge on any atom is -0.481 e. The van der Waals surface area contributed by atoms with E-state index in [9.17, 15) is 0 Å². The molecular weight excluding hydrogens is 190 g/mol. The predicted molar refractivity (Wildman–Crippen MR) is 60.9 cm³/mol. The number of ether oxygens (including phenoxy) is 1. The van der Waals surface area contributed by atoms with Crippen LogP contribution in [-0.4, -0.2) is 25.2 Å². The summed E-state index contributed by atoms with van der Waals surface area (Å²) in [5.41, 5.74) is 6.80. The molecule has 4 heteroatoms. The highest BCUT2D eigenvalue weighted by atomic mass is 16.5. The van der Waals surface area contributed by atoms with Crippen LogP contribution in [0.4, 0.5) is 0 Å². The smallest absolute Gasteiger partial charge is 0.212 e. The van der Waals surface area contributed by atoms with Gasteiger partial charge in [0, 0.05) is 24.8 Å². The molecule has 0 amide bonds. The van der Waals surface area contributed by atoms with Crippen molar-refractivity contribution in [3.63, 3.8) is 0 Å². The molecule has 4 nitrogen and oxygen atoms in total. The van der Waals surface area contributed by atoms with Crippen molar-refractivity contribution in [1.29, 1.82) is 0 Å².